The van der Waals surface area contributed by atoms with Crippen molar-refractivity contribution in [3.8, 4) is 22.9 Å². The van der Waals surface area contributed by atoms with E-state index in [1.807, 2.05) is 79.7 Å². The van der Waals surface area contributed by atoms with Crippen LogP contribution >= 0.6 is 15.9 Å². The lowest BCUT2D eigenvalue weighted by atomic mass is 9.96. The highest BCUT2D eigenvalue weighted by Crippen LogP contribution is 2.34. The molecule has 7 heteroatoms. The molecule has 0 aliphatic rings. The van der Waals surface area contributed by atoms with Crippen molar-refractivity contribution in [2.24, 2.45) is 5.10 Å². The predicted octanol–water partition coefficient (Wildman–Crippen LogP) is 7.73. The maximum absolute atomic E-state index is 13.7. The molecule has 1 heterocycles. The summed E-state index contributed by atoms with van der Waals surface area (Å²) in [7, 11) is 1.67. The normalized spacial score (nSPS) is 11.4. The van der Waals surface area contributed by atoms with Gasteiger partial charge in [-0.05, 0) is 95.8 Å². The minimum atomic E-state index is -0.229. The number of benzene rings is 4. The van der Waals surface area contributed by atoms with Crippen LogP contribution in [0.1, 0.15) is 42.0 Å². The minimum Gasteiger partial charge on any atom is -0.496 e. The van der Waals surface area contributed by atoms with Crippen molar-refractivity contribution >= 4 is 33.0 Å². The second-order valence-corrected chi connectivity index (χ2v) is 10.8. The second-order valence-electron chi connectivity index (χ2n) is 9.86. The highest BCUT2D eigenvalue weighted by molar-refractivity contribution is 9.10. The van der Waals surface area contributed by atoms with Crippen LogP contribution in [0, 0.1) is 6.92 Å². The Morgan fingerprint density at radius 3 is 2.42 bits per heavy atom. The lowest BCUT2D eigenvalue weighted by Gasteiger charge is -2.17. The van der Waals surface area contributed by atoms with E-state index in [0.717, 1.165) is 43.8 Å². The molecule has 0 fully saturated rings. The van der Waals surface area contributed by atoms with Crippen LogP contribution in [0.5, 0.6) is 11.5 Å². The Morgan fingerprint density at radius 1 is 1.00 bits per heavy atom. The smallest absolute Gasteiger partial charge is 0.282 e. The third-order valence-electron chi connectivity index (χ3n) is 6.71. The Kier molecular flexibility index (Phi) is 8.12. The van der Waals surface area contributed by atoms with Crippen LogP contribution in [0.4, 0.5) is 0 Å². The summed E-state index contributed by atoms with van der Waals surface area (Å²) in [6.45, 7) is 6.69. The van der Waals surface area contributed by atoms with Crippen LogP contribution in [0.2, 0.25) is 0 Å². The lowest BCUT2D eigenvalue weighted by Crippen LogP contribution is -2.20. The molecule has 5 rings (SSSR count). The number of hydrogen-bond donors (Lipinski definition) is 0. The number of para-hydroxylation sites is 1. The fourth-order valence-corrected chi connectivity index (χ4v) is 4.76. The fraction of sp³-hybridized carbons (Fsp3) is 0.182. The monoisotopic (exact) mass is 595 g/mol. The Bertz CT molecular complexity index is 1740. The highest BCUT2D eigenvalue weighted by atomic mass is 79.9. The van der Waals surface area contributed by atoms with Crippen molar-refractivity contribution in [3.63, 3.8) is 0 Å². The van der Waals surface area contributed by atoms with Gasteiger partial charge in [0.1, 0.15) is 18.1 Å². The van der Waals surface area contributed by atoms with Crippen molar-refractivity contribution in [1.29, 1.82) is 0 Å². The topological polar surface area (TPSA) is 65.7 Å². The first kappa shape index (κ1) is 27.3. The summed E-state index contributed by atoms with van der Waals surface area (Å²) in [6, 6.07) is 27.0. The molecule has 6 nitrogen and oxygen atoms in total. The zero-order valence-electron chi connectivity index (χ0n) is 22.9. The zero-order chi connectivity index (χ0) is 28.2. The molecule has 0 aliphatic heterocycles. The second kappa shape index (κ2) is 11.9. The molecular weight excluding hydrogens is 566 g/mol. The van der Waals surface area contributed by atoms with Gasteiger partial charge in [0.15, 0.2) is 5.82 Å². The number of methoxy groups -OCH3 is 1. The molecule has 0 aliphatic carbocycles. The number of aryl methyl sites for hydroxylation is 1. The van der Waals surface area contributed by atoms with Crippen LogP contribution in [0.3, 0.4) is 0 Å². The highest BCUT2D eigenvalue weighted by Gasteiger charge is 2.18. The molecule has 0 saturated carbocycles. The molecule has 0 spiro atoms. The minimum absolute atomic E-state index is 0.225. The van der Waals surface area contributed by atoms with Crippen molar-refractivity contribution in [2.75, 3.05) is 7.11 Å². The van der Waals surface area contributed by atoms with Gasteiger partial charge < -0.3 is 9.47 Å². The summed E-state index contributed by atoms with van der Waals surface area (Å²) in [5.74, 6) is 2.27. The van der Waals surface area contributed by atoms with Crippen molar-refractivity contribution < 1.29 is 9.47 Å². The van der Waals surface area contributed by atoms with Gasteiger partial charge in [-0.3, -0.25) is 4.79 Å². The van der Waals surface area contributed by atoms with Gasteiger partial charge in [-0.1, -0.05) is 54.0 Å². The third kappa shape index (κ3) is 5.84. The number of nitrogens with zero attached hydrogens (tertiary/aromatic N) is 3. The molecule has 0 amide bonds. The van der Waals surface area contributed by atoms with Gasteiger partial charge in [0.05, 0.1) is 24.2 Å². The first-order valence-corrected chi connectivity index (χ1v) is 13.9. The Labute approximate surface area is 242 Å². The van der Waals surface area contributed by atoms with Crippen LogP contribution < -0.4 is 15.0 Å². The largest absolute Gasteiger partial charge is 0.496 e. The van der Waals surface area contributed by atoms with Gasteiger partial charge in [-0.15, -0.1) is 0 Å². The molecule has 202 valence electrons. The quantitative estimate of drug-likeness (QED) is 0.172. The molecule has 0 radical (unpaired) electrons. The first-order valence-electron chi connectivity index (χ1n) is 13.1. The number of rotatable bonds is 8. The Morgan fingerprint density at radius 2 is 1.73 bits per heavy atom. The van der Waals surface area contributed by atoms with Gasteiger partial charge in [0.2, 0.25) is 0 Å². The predicted molar refractivity (Wildman–Crippen MR) is 165 cm³/mol. The third-order valence-corrected chi connectivity index (χ3v) is 7.24. The van der Waals surface area contributed by atoms with Crippen molar-refractivity contribution in [1.82, 2.24) is 9.66 Å². The van der Waals surface area contributed by atoms with E-state index in [1.54, 1.807) is 19.4 Å². The van der Waals surface area contributed by atoms with E-state index >= 15 is 0 Å². The summed E-state index contributed by atoms with van der Waals surface area (Å²) >= 11 is 3.45. The van der Waals surface area contributed by atoms with E-state index in [4.69, 9.17) is 14.5 Å². The van der Waals surface area contributed by atoms with Gasteiger partial charge in [0, 0.05) is 10.0 Å². The van der Waals surface area contributed by atoms with E-state index in [9.17, 15) is 4.79 Å². The number of ether oxygens (including phenoxy) is 2. The van der Waals surface area contributed by atoms with Gasteiger partial charge in [0.25, 0.3) is 5.56 Å². The summed E-state index contributed by atoms with van der Waals surface area (Å²) in [5, 5.41) is 5.14. The van der Waals surface area contributed by atoms with E-state index in [0.29, 0.717) is 23.3 Å². The summed E-state index contributed by atoms with van der Waals surface area (Å²) in [5.41, 5.74) is 5.13. The van der Waals surface area contributed by atoms with Crippen LogP contribution in [-0.4, -0.2) is 23.0 Å². The molecule has 0 unspecified atom stereocenters. The first-order chi connectivity index (χ1) is 19.3. The molecule has 0 atom stereocenters. The van der Waals surface area contributed by atoms with Crippen molar-refractivity contribution in [3.05, 3.63) is 122 Å². The van der Waals surface area contributed by atoms with Gasteiger partial charge in [-0.25, -0.2) is 4.98 Å². The SMILES string of the molecule is COc1cc(C)c(-c2nc3ccccc3c(=O)n2N=Cc2ccc(OCc3ccc(Br)cc3)cc2)cc1C(C)C. The number of halogens is 1. The van der Waals surface area contributed by atoms with E-state index < -0.39 is 0 Å². The molecule has 40 heavy (non-hydrogen) atoms. The molecule has 0 bridgehead atoms. The van der Waals surface area contributed by atoms with E-state index in [1.165, 1.54) is 4.68 Å². The van der Waals surface area contributed by atoms with Crippen molar-refractivity contribution in [2.45, 2.75) is 33.3 Å². The lowest BCUT2D eigenvalue weighted by molar-refractivity contribution is 0.306. The maximum Gasteiger partial charge on any atom is 0.282 e. The number of hydrogen-bond acceptors (Lipinski definition) is 5. The zero-order valence-corrected chi connectivity index (χ0v) is 24.5. The number of aromatic nitrogens is 2. The molecule has 4 aromatic carbocycles. The van der Waals surface area contributed by atoms with Gasteiger partial charge in [-0.2, -0.15) is 9.78 Å². The molecule has 0 N–H and O–H groups in total. The summed E-state index contributed by atoms with van der Waals surface area (Å²) in [6.07, 6.45) is 1.67. The standard InChI is InChI=1S/C33H30BrN3O3/c1-21(2)28-18-29(22(3)17-31(28)39-4)32-36-30-8-6-5-7-27(30)33(38)37(32)35-19-23-11-15-26(16-12-23)40-20-24-9-13-25(34)14-10-24/h5-19,21H,20H2,1-4H3. The number of fused-ring (bicyclic) bond motifs is 1. The summed E-state index contributed by atoms with van der Waals surface area (Å²) < 4.78 is 14.0. The summed E-state index contributed by atoms with van der Waals surface area (Å²) in [4.78, 5) is 18.5. The average molecular weight is 597 g/mol. The molecule has 0 saturated heterocycles. The van der Waals surface area contributed by atoms with E-state index in [2.05, 4.69) is 40.9 Å². The maximum atomic E-state index is 13.7. The molecule has 5 aromatic rings. The van der Waals surface area contributed by atoms with Crippen LogP contribution in [0.25, 0.3) is 22.3 Å². The van der Waals surface area contributed by atoms with E-state index in [-0.39, 0.29) is 11.5 Å². The molecular formula is C33H30BrN3O3. The Balaban J connectivity index is 1.50. The molecule has 1 aromatic heterocycles. The van der Waals surface area contributed by atoms with Crippen LogP contribution in [0.15, 0.2) is 99.3 Å². The fourth-order valence-electron chi connectivity index (χ4n) is 4.49. The van der Waals surface area contributed by atoms with Gasteiger partial charge >= 0.3 is 0 Å². The van der Waals surface area contributed by atoms with Crippen LogP contribution in [-0.2, 0) is 6.61 Å². The average Bonchev–Trinajstić information content (AvgIpc) is 2.96. The Hall–Kier alpha value is -4.23.